The maximum Gasteiger partial charge on any atom is 0.0369 e. The van der Waals surface area contributed by atoms with Gasteiger partial charge in [-0.25, -0.2) is 0 Å². The van der Waals surface area contributed by atoms with Gasteiger partial charge in [-0.05, 0) is 29.5 Å². The molecule has 1 heteroatoms. The van der Waals surface area contributed by atoms with Crippen LogP contribution in [0.3, 0.4) is 0 Å². The van der Waals surface area contributed by atoms with Crippen LogP contribution in [0, 0.1) is 5.41 Å². The van der Waals surface area contributed by atoms with E-state index in [0.717, 1.165) is 13.0 Å². The third kappa shape index (κ3) is 4.21. The molecule has 1 nitrogen and oxygen atoms in total. The molecule has 0 aliphatic carbocycles. The second-order valence-corrected chi connectivity index (χ2v) is 6.40. The Hall–Kier alpha value is -1.60. The maximum atomic E-state index is 3.72. The summed E-state index contributed by atoms with van der Waals surface area (Å²) in [7, 11) is 0. The molecule has 0 aromatic heterocycles. The summed E-state index contributed by atoms with van der Waals surface area (Å²) in [6, 6.07) is 21.8. The standard InChI is InChI=1S/C19H25N/c1-19(2,3)18(17-12-8-5-9-13-17)20-15-14-16-10-6-4-7-11-16/h4-13,18,20H,14-15H2,1-3H3. The summed E-state index contributed by atoms with van der Waals surface area (Å²) < 4.78 is 0. The van der Waals surface area contributed by atoms with Crippen LogP contribution >= 0.6 is 0 Å². The Morgan fingerprint density at radius 1 is 0.850 bits per heavy atom. The van der Waals surface area contributed by atoms with E-state index in [1.807, 2.05) is 0 Å². The van der Waals surface area contributed by atoms with E-state index in [9.17, 15) is 0 Å². The van der Waals surface area contributed by atoms with Crippen molar-refractivity contribution in [3.05, 3.63) is 71.8 Å². The molecule has 0 amide bonds. The second-order valence-electron chi connectivity index (χ2n) is 6.40. The van der Waals surface area contributed by atoms with Crippen LogP contribution in [-0.4, -0.2) is 6.54 Å². The first-order valence-electron chi connectivity index (χ1n) is 7.39. The Morgan fingerprint density at radius 3 is 1.95 bits per heavy atom. The zero-order chi connectivity index (χ0) is 14.4. The van der Waals surface area contributed by atoms with Crippen molar-refractivity contribution in [2.24, 2.45) is 5.41 Å². The number of hydrogen-bond donors (Lipinski definition) is 1. The van der Waals surface area contributed by atoms with Gasteiger partial charge in [-0.3, -0.25) is 0 Å². The summed E-state index contributed by atoms with van der Waals surface area (Å²) in [5.41, 5.74) is 2.96. The lowest BCUT2D eigenvalue weighted by Crippen LogP contribution is -2.33. The molecule has 0 spiro atoms. The van der Waals surface area contributed by atoms with E-state index >= 15 is 0 Å². The molecule has 20 heavy (non-hydrogen) atoms. The van der Waals surface area contributed by atoms with Crippen LogP contribution in [0.2, 0.25) is 0 Å². The smallest absolute Gasteiger partial charge is 0.0369 e. The third-order valence-corrected chi connectivity index (χ3v) is 3.60. The molecule has 0 bridgehead atoms. The zero-order valence-electron chi connectivity index (χ0n) is 12.8. The molecule has 2 aromatic carbocycles. The monoisotopic (exact) mass is 267 g/mol. The van der Waals surface area contributed by atoms with E-state index in [1.54, 1.807) is 0 Å². The van der Waals surface area contributed by atoms with Gasteiger partial charge in [0.05, 0.1) is 0 Å². The van der Waals surface area contributed by atoms with Gasteiger partial charge in [0.2, 0.25) is 0 Å². The molecule has 0 saturated carbocycles. The number of benzene rings is 2. The van der Waals surface area contributed by atoms with E-state index in [0.29, 0.717) is 6.04 Å². The molecule has 106 valence electrons. The highest BCUT2D eigenvalue weighted by molar-refractivity contribution is 5.21. The van der Waals surface area contributed by atoms with E-state index in [2.05, 4.69) is 86.8 Å². The van der Waals surface area contributed by atoms with Gasteiger partial charge in [0.25, 0.3) is 0 Å². The zero-order valence-corrected chi connectivity index (χ0v) is 12.8. The number of hydrogen-bond acceptors (Lipinski definition) is 1. The fourth-order valence-corrected chi connectivity index (χ4v) is 2.58. The van der Waals surface area contributed by atoms with Gasteiger partial charge in [0.15, 0.2) is 0 Å². The van der Waals surface area contributed by atoms with Gasteiger partial charge < -0.3 is 5.32 Å². The first-order chi connectivity index (χ1) is 9.57. The van der Waals surface area contributed by atoms with E-state index in [-0.39, 0.29) is 5.41 Å². The summed E-state index contributed by atoms with van der Waals surface area (Å²) in [4.78, 5) is 0. The molecule has 0 aliphatic heterocycles. The first-order valence-corrected chi connectivity index (χ1v) is 7.39. The summed E-state index contributed by atoms with van der Waals surface area (Å²) in [5, 5.41) is 3.72. The predicted octanol–water partition coefficient (Wildman–Crippen LogP) is 4.61. The van der Waals surface area contributed by atoms with Crippen molar-refractivity contribution in [3.63, 3.8) is 0 Å². The Morgan fingerprint density at radius 2 is 1.40 bits per heavy atom. The minimum Gasteiger partial charge on any atom is -0.309 e. The van der Waals surface area contributed by atoms with Gasteiger partial charge in [-0.2, -0.15) is 0 Å². The lowest BCUT2D eigenvalue weighted by molar-refractivity contribution is 0.274. The lowest BCUT2D eigenvalue weighted by atomic mass is 9.82. The minimum atomic E-state index is 0.206. The summed E-state index contributed by atoms with van der Waals surface area (Å²) >= 11 is 0. The fraction of sp³-hybridized carbons (Fsp3) is 0.368. The van der Waals surface area contributed by atoms with Crippen molar-refractivity contribution >= 4 is 0 Å². The topological polar surface area (TPSA) is 12.0 Å². The van der Waals surface area contributed by atoms with Crippen LogP contribution < -0.4 is 5.32 Å². The molecule has 0 saturated heterocycles. The van der Waals surface area contributed by atoms with Crippen LogP contribution in [0.5, 0.6) is 0 Å². The average Bonchev–Trinajstić information content (AvgIpc) is 2.44. The van der Waals surface area contributed by atoms with Gasteiger partial charge >= 0.3 is 0 Å². The summed E-state index contributed by atoms with van der Waals surface area (Å²) in [6.07, 6.45) is 1.07. The molecule has 2 rings (SSSR count). The van der Waals surface area contributed by atoms with Crippen LogP contribution in [-0.2, 0) is 6.42 Å². The van der Waals surface area contributed by atoms with Crippen molar-refractivity contribution in [2.45, 2.75) is 33.2 Å². The van der Waals surface area contributed by atoms with Gasteiger partial charge in [-0.1, -0.05) is 81.4 Å². The van der Waals surface area contributed by atoms with Gasteiger partial charge in [0.1, 0.15) is 0 Å². The molecule has 0 heterocycles. The molecular weight excluding hydrogens is 242 g/mol. The SMILES string of the molecule is CC(C)(C)C(NCCc1ccccc1)c1ccccc1. The lowest BCUT2D eigenvalue weighted by Gasteiger charge is -2.32. The van der Waals surface area contributed by atoms with E-state index < -0.39 is 0 Å². The molecule has 0 radical (unpaired) electrons. The molecule has 0 aliphatic rings. The van der Waals surface area contributed by atoms with E-state index in [4.69, 9.17) is 0 Å². The van der Waals surface area contributed by atoms with Crippen molar-refractivity contribution < 1.29 is 0 Å². The number of rotatable bonds is 5. The summed E-state index contributed by atoms with van der Waals surface area (Å²) in [6.45, 7) is 7.88. The molecular formula is C19H25N. The Balaban J connectivity index is 1.99. The van der Waals surface area contributed by atoms with Crippen molar-refractivity contribution in [1.82, 2.24) is 5.32 Å². The third-order valence-electron chi connectivity index (χ3n) is 3.60. The predicted molar refractivity (Wildman–Crippen MR) is 86.8 cm³/mol. The largest absolute Gasteiger partial charge is 0.309 e. The molecule has 1 atom stereocenters. The molecule has 1 N–H and O–H groups in total. The Kier molecular flexibility index (Phi) is 4.97. The minimum absolute atomic E-state index is 0.206. The van der Waals surface area contributed by atoms with Crippen LogP contribution in [0.1, 0.15) is 37.9 Å². The van der Waals surface area contributed by atoms with Crippen LogP contribution in [0.15, 0.2) is 60.7 Å². The van der Waals surface area contributed by atoms with Crippen molar-refractivity contribution in [1.29, 1.82) is 0 Å². The highest BCUT2D eigenvalue weighted by Gasteiger charge is 2.25. The first kappa shape index (κ1) is 14.8. The second kappa shape index (κ2) is 6.71. The quantitative estimate of drug-likeness (QED) is 0.834. The molecule has 1 unspecified atom stereocenters. The van der Waals surface area contributed by atoms with Gasteiger partial charge in [0, 0.05) is 6.04 Å². The normalized spacial score (nSPS) is 13.2. The molecule has 0 fully saturated rings. The summed E-state index contributed by atoms with van der Waals surface area (Å²) in [5.74, 6) is 0. The van der Waals surface area contributed by atoms with E-state index in [1.165, 1.54) is 11.1 Å². The van der Waals surface area contributed by atoms with Crippen LogP contribution in [0.25, 0.3) is 0 Å². The fourth-order valence-electron chi connectivity index (χ4n) is 2.58. The average molecular weight is 267 g/mol. The van der Waals surface area contributed by atoms with Crippen molar-refractivity contribution in [3.8, 4) is 0 Å². The Bertz CT molecular complexity index is 496. The van der Waals surface area contributed by atoms with Crippen LogP contribution in [0.4, 0.5) is 0 Å². The maximum absolute atomic E-state index is 3.72. The Labute approximate surface area is 123 Å². The highest BCUT2D eigenvalue weighted by Crippen LogP contribution is 2.32. The highest BCUT2D eigenvalue weighted by atomic mass is 14.9. The molecule has 2 aromatic rings. The van der Waals surface area contributed by atoms with Gasteiger partial charge in [-0.15, -0.1) is 0 Å². The number of nitrogens with one attached hydrogen (secondary N) is 1. The van der Waals surface area contributed by atoms with Crippen molar-refractivity contribution in [2.75, 3.05) is 6.54 Å².